The number of nitrogens with one attached hydrogen (secondary N) is 2. The number of aliphatic hydroxyl groups excluding tert-OH is 1. The van der Waals surface area contributed by atoms with Crippen LogP contribution in [0.4, 0.5) is 5.82 Å². The van der Waals surface area contributed by atoms with Gasteiger partial charge < -0.3 is 20.3 Å². The van der Waals surface area contributed by atoms with Crippen molar-refractivity contribution in [2.45, 2.75) is 45.2 Å². The van der Waals surface area contributed by atoms with Gasteiger partial charge in [0.05, 0.1) is 5.39 Å². The van der Waals surface area contributed by atoms with Gasteiger partial charge in [-0.3, -0.25) is 4.79 Å². The first-order valence-electron chi connectivity index (χ1n) is 12.0. The topological polar surface area (TPSA) is 105 Å². The minimum Gasteiger partial charge on any atom is -0.396 e. The summed E-state index contributed by atoms with van der Waals surface area (Å²) in [6.45, 7) is 4.11. The maximum Gasteiger partial charge on any atom is 0.262 e. The van der Waals surface area contributed by atoms with Crippen molar-refractivity contribution in [3.8, 4) is 22.8 Å². The molecule has 8 nitrogen and oxygen atoms in total. The van der Waals surface area contributed by atoms with Gasteiger partial charge in [-0.15, -0.1) is 11.3 Å². The summed E-state index contributed by atoms with van der Waals surface area (Å²) < 4.78 is 1.89. The third kappa shape index (κ3) is 4.66. The van der Waals surface area contributed by atoms with Crippen LogP contribution in [0.2, 0.25) is 0 Å². The predicted molar refractivity (Wildman–Crippen MR) is 139 cm³/mol. The predicted octanol–water partition coefficient (Wildman–Crippen LogP) is 4.47. The second-order valence-corrected chi connectivity index (χ2v) is 10.4. The Morgan fingerprint density at radius 3 is 2.69 bits per heavy atom. The van der Waals surface area contributed by atoms with Crippen LogP contribution in [0.3, 0.4) is 0 Å². The number of aliphatic hydroxyl groups is 1. The number of anilines is 1. The molecule has 9 heteroatoms. The molecule has 1 aliphatic rings. The van der Waals surface area contributed by atoms with Crippen LogP contribution >= 0.6 is 11.3 Å². The van der Waals surface area contributed by atoms with E-state index in [1.54, 1.807) is 6.20 Å². The molecule has 0 spiro atoms. The second-order valence-electron chi connectivity index (χ2n) is 9.44. The smallest absolute Gasteiger partial charge is 0.262 e. The van der Waals surface area contributed by atoms with E-state index in [0.717, 1.165) is 40.6 Å². The highest BCUT2D eigenvalue weighted by Crippen LogP contribution is 2.43. The summed E-state index contributed by atoms with van der Waals surface area (Å²) in [5, 5.41) is 17.2. The van der Waals surface area contributed by atoms with Crippen molar-refractivity contribution in [2.24, 2.45) is 13.0 Å². The van der Waals surface area contributed by atoms with Crippen molar-refractivity contribution in [3.05, 3.63) is 47.6 Å². The molecule has 0 aliphatic heterocycles. The largest absolute Gasteiger partial charge is 0.396 e. The van der Waals surface area contributed by atoms with Crippen molar-refractivity contribution in [1.29, 1.82) is 0 Å². The molecule has 2 atom stereocenters. The molecule has 1 saturated carbocycles. The van der Waals surface area contributed by atoms with Gasteiger partial charge in [-0.2, -0.15) is 0 Å². The van der Waals surface area contributed by atoms with E-state index >= 15 is 0 Å². The molecule has 0 saturated heterocycles. The number of fused-ring (bicyclic) bond motifs is 1. The standard InChI is InChI=1S/C26H30N6O2S/c1-15(2)28-25(34)21-19(17-7-5-4-6-8-17)20-22(29-18-10-9-16(13-18)14-33)30-23(31-26(20)35-21)24-27-11-12-32(24)3/h4-8,11-12,15-16,18,33H,9-10,13-14H2,1-3H3,(H,28,34)(H,29,30,31)/t16-,18+/m0/s1. The Kier molecular flexibility index (Phi) is 6.53. The van der Waals surface area contributed by atoms with Crippen LogP contribution < -0.4 is 10.6 Å². The van der Waals surface area contributed by atoms with E-state index in [0.29, 0.717) is 28.3 Å². The van der Waals surface area contributed by atoms with Gasteiger partial charge >= 0.3 is 0 Å². The fourth-order valence-corrected chi connectivity index (χ4v) is 5.82. The van der Waals surface area contributed by atoms with E-state index in [1.165, 1.54) is 11.3 Å². The highest BCUT2D eigenvalue weighted by atomic mass is 32.1. The zero-order chi connectivity index (χ0) is 24.5. The van der Waals surface area contributed by atoms with Crippen molar-refractivity contribution >= 4 is 33.3 Å². The summed E-state index contributed by atoms with van der Waals surface area (Å²) in [7, 11) is 1.91. The number of benzene rings is 1. The van der Waals surface area contributed by atoms with E-state index < -0.39 is 0 Å². The first-order chi connectivity index (χ1) is 16.9. The number of amides is 1. The molecule has 5 rings (SSSR count). The number of nitrogens with zero attached hydrogens (tertiary/aromatic N) is 4. The van der Waals surface area contributed by atoms with Gasteiger partial charge in [0.25, 0.3) is 5.91 Å². The van der Waals surface area contributed by atoms with Gasteiger partial charge in [-0.05, 0) is 44.6 Å². The van der Waals surface area contributed by atoms with E-state index in [4.69, 9.17) is 9.97 Å². The molecular formula is C26H30N6O2S. The van der Waals surface area contributed by atoms with E-state index in [-0.39, 0.29) is 24.6 Å². The molecule has 4 aromatic rings. The van der Waals surface area contributed by atoms with Crippen molar-refractivity contribution < 1.29 is 9.90 Å². The minimum absolute atomic E-state index is 0.0112. The van der Waals surface area contributed by atoms with Gasteiger partial charge in [-0.25, -0.2) is 15.0 Å². The summed E-state index contributed by atoms with van der Waals surface area (Å²) in [5.41, 5.74) is 1.79. The van der Waals surface area contributed by atoms with Crippen molar-refractivity contribution in [1.82, 2.24) is 24.8 Å². The Bertz CT molecular complexity index is 1350. The molecule has 3 heterocycles. The maximum atomic E-state index is 13.3. The van der Waals surface area contributed by atoms with Crippen LogP contribution in [0.5, 0.6) is 0 Å². The zero-order valence-corrected chi connectivity index (χ0v) is 21.0. The number of thiophene rings is 1. The van der Waals surface area contributed by atoms with E-state index in [2.05, 4.69) is 15.6 Å². The number of aromatic nitrogens is 4. The molecule has 0 bridgehead atoms. The fourth-order valence-electron chi connectivity index (χ4n) is 4.72. The van der Waals surface area contributed by atoms with Gasteiger partial charge in [0.1, 0.15) is 15.5 Å². The number of rotatable bonds is 7. The Labute approximate surface area is 208 Å². The number of carbonyl (C=O) groups is 1. The molecule has 3 N–H and O–H groups in total. The Balaban J connectivity index is 1.73. The Morgan fingerprint density at radius 2 is 2.03 bits per heavy atom. The van der Waals surface area contributed by atoms with Crippen LogP contribution in [0, 0.1) is 5.92 Å². The molecule has 0 unspecified atom stereocenters. The first kappa shape index (κ1) is 23.4. The number of aryl methyl sites for hydroxylation is 1. The summed E-state index contributed by atoms with van der Waals surface area (Å²) >= 11 is 1.38. The monoisotopic (exact) mass is 490 g/mol. The molecular weight excluding hydrogens is 460 g/mol. The lowest BCUT2D eigenvalue weighted by Gasteiger charge is -2.16. The van der Waals surface area contributed by atoms with Gasteiger partial charge in [0.15, 0.2) is 11.6 Å². The lowest BCUT2D eigenvalue weighted by Crippen LogP contribution is -2.29. The third-order valence-corrected chi connectivity index (χ3v) is 7.48. The molecule has 35 heavy (non-hydrogen) atoms. The van der Waals surface area contributed by atoms with Crippen LogP contribution in [0.1, 0.15) is 42.8 Å². The Morgan fingerprint density at radius 1 is 1.23 bits per heavy atom. The van der Waals surface area contributed by atoms with Crippen molar-refractivity contribution in [2.75, 3.05) is 11.9 Å². The number of hydrogen-bond donors (Lipinski definition) is 3. The van der Waals surface area contributed by atoms with E-state index in [1.807, 2.05) is 62.0 Å². The van der Waals surface area contributed by atoms with Crippen molar-refractivity contribution in [3.63, 3.8) is 0 Å². The van der Waals surface area contributed by atoms with Gasteiger partial charge in [-0.1, -0.05) is 30.3 Å². The SMILES string of the molecule is CC(C)NC(=O)c1sc2nc(-c3nccn3C)nc(N[C@@H]3CC[C@H](CO)C3)c2c1-c1ccccc1. The van der Waals surface area contributed by atoms with Crippen LogP contribution in [0.15, 0.2) is 42.7 Å². The molecule has 1 aromatic carbocycles. The van der Waals surface area contributed by atoms with Crippen LogP contribution in [-0.4, -0.2) is 49.2 Å². The minimum atomic E-state index is -0.118. The van der Waals surface area contributed by atoms with Gasteiger partial charge in [0.2, 0.25) is 0 Å². The molecule has 1 aliphatic carbocycles. The molecule has 0 radical (unpaired) electrons. The maximum absolute atomic E-state index is 13.3. The second kappa shape index (κ2) is 9.75. The van der Waals surface area contributed by atoms with E-state index in [9.17, 15) is 9.90 Å². The summed E-state index contributed by atoms with van der Waals surface area (Å²) in [5.74, 6) is 2.06. The molecule has 1 amide bonds. The average molecular weight is 491 g/mol. The number of carbonyl (C=O) groups excluding carboxylic acids is 1. The average Bonchev–Trinajstić information content (AvgIpc) is 3.57. The zero-order valence-electron chi connectivity index (χ0n) is 20.2. The quantitative estimate of drug-likeness (QED) is 0.353. The third-order valence-electron chi connectivity index (χ3n) is 6.40. The van der Waals surface area contributed by atoms with Gasteiger partial charge in [0, 0.05) is 43.7 Å². The first-order valence-corrected chi connectivity index (χ1v) is 12.8. The lowest BCUT2D eigenvalue weighted by molar-refractivity contribution is 0.0948. The number of imidazole rings is 1. The molecule has 182 valence electrons. The fraction of sp³-hybridized carbons (Fsp3) is 0.385. The highest BCUT2D eigenvalue weighted by molar-refractivity contribution is 7.21. The highest BCUT2D eigenvalue weighted by Gasteiger charge is 2.29. The molecule has 1 fully saturated rings. The van der Waals surface area contributed by atoms with Crippen LogP contribution in [0.25, 0.3) is 33.0 Å². The molecule has 3 aromatic heterocycles. The lowest BCUT2D eigenvalue weighted by atomic mass is 10.0. The normalized spacial score (nSPS) is 17.9. The summed E-state index contributed by atoms with van der Waals surface area (Å²) in [4.78, 5) is 28.9. The summed E-state index contributed by atoms with van der Waals surface area (Å²) in [6, 6.07) is 10.1. The Hall–Kier alpha value is -3.30. The van der Waals surface area contributed by atoms with Crippen LogP contribution in [-0.2, 0) is 7.05 Å². The number of hydrogen-bond acceptors (Lipinski definition) is 7. The summed E-state index contributed by atoms with van der Waals surface area (Å²) in [6.07, 6.45) is 6.41.